The smallest absolute Gasteiger partial charge is 0.457 e. The quantitative estimate of drug-likeness (QED) is 0.0221. The molecule has 0 aliphatic heterocycles. The topological polar surface area (TPSA) is 91.3 Å². The van der Waals surface area contributed by atoms with E-state index < -0.39 is 13.9 Å². The number of nitrogens with zero attached hydrogens (tertiary/aromatic N) is 1. The van der Waals surface area contributed by atoms with E-state index in [1.54, 1.807) is 0 Å². The lowest BCUT2D eigenvalue weighted by Crippen LogP contribution is -2.37. The molecule has 0 aliphatic carbocycles. The Labute approximate surface area is 310 Å². The second-order valence-corrected chi connectivity index (χ2v) is 16.8. The SMILES string of the molecule is CCCCCCCC/C=C\CCCCCCCCCCCC(=O)OC(COCCCCCCCCCCC)COP(=O)(O)OCC[N+](C)(C)C. The summed E-state index contributed by atoms with van der Waals surface area (Å²) in [5, 5.41) is 0. The predicted octanol–water partition coefficient (Wildman–Crippen LogP) is 11.9. The summed E-state index contributed by atoms with van der Waals surface area (Å²) < 4.78 is 34.9. The number of allylic oxidation sites excluding steroid dienone is 2. The van der Waals surface area contributed by atoms with E-state index in [2.05, 4.69) is 26.0 Å². The Kier molecular flexibility index (Phi) is 34.7. The van der Waals surface area contributed by atoms with Gasteiger partial charge in [0.1, 0.15) is 19.3 Å². The first kappa shape index (κ1) is 49.2. The Morgan fingerprint density at radius 1 is 0.600 bits per heavy atom. The molecule has 0 spiro atoms. The second-order valence-electron chi connectivity index (χ2n) is 15.4. The Hall–Kier alpha value is -0.760. The van der Waals surface area contributed by atoms with Crippen molar-refractivity contribution in [2.24, 2.45) is 0 Å². The van der Waals surface area contributed by atoms with Gasteiger partial charge in [-0.05, 0) is 38.5 Å². The second kappa shape index (κ2) is 35.3. The van der Waals surface area contributed by atoms with Gasteiger partial charge < -0.3 is 18.9 Å². The summed E-state index contributed by atoms with van der Waals surface area (Å²) in [6, 6.07) is 0. The van der Waals surface area contributed by atoms with Gasteiger partial charge in [0.25, 0.3) is 0 Å². The monoisotopic (exact) mass is 733 g/mol. The maximum Gasteiger partial charge on any atom is 0.472 e. The van der Waals surface area contributed by atoms with E-state index >= 15 is 0 Å². The van der Waals surface area contributed by atoms with Crippen LogP contribution in [-0.4, -0.2) is 75.6 Å². The highest BCUT2D eigenvalue weighted by Gasteiger charge is 2.26. The molecule has 0 amide bonds. The van der Waals surface area contributed by atoms with E-state index in [1.165, 1.54) is 135 Å². The van der Waals surface area contributed by atoms with Crippen molar-refractivity contribution in [3.8, 4) is 0 Å². The van der Waals surface area contributed by atoms with Crippen molar-refractivity contribution < 1.29 is 37.3 Å². The van der Waals surface area contributed by atoms with Crippen LogP contribution in [0.3, 0.4) is 0 Å². The van der Waals surface area contributed by atoms with Crippen LogP contribution in [0.25, 0.3) is 0 Å². The van der Waals surface area contributed by atoms with Crippen LogP contribution in [0, 0.1) is 0 Å². The van der Waals surface area contributed by atoms with Crippen LogP contribution in [-0.2, 0) is 27.9 Å². The zero-order chi connectivity index (χ0) is 37.0. The molecule has 298 valence electrons. The molecule has 0 radical (unpaired) electrons. The fourth-order valence-corrected chi connectivity index (χ4v) is 6.52. The molecule has 0 fully saturated rings. The van der Waals surface area contributed by atoms with Gasteiger partial charge in [0.05, 0.1) is 34.4 Å². The lowest BCUT2D eigenvalue weighted by atomic mass is 10.1. The molecule has 2 unspecified atom stereocenters. The number of phosphoric acid groups is 1. The first-order chi connectivity index (χ1) is 24.1. The summed E-state index contributed by atoms with van der Waals surface area (Å²) in [4.78, 5) is 22.8. The van der Waals surface area contributed by atoms with E-state index in [9.17, 15) is 14.3 Å². The summed E-state index contributed by atoms with van der Waals surface area (Å²) >= 11 is 0. The molecular weight excluding hydrogens is 649 g/mol. The summed E-state index contributed by atoms with van der Waals surface area (Å²) in [6.45, 7) is 5.62. The van der Waals surface area contributed by atoms with Gasteiger partial charge in [0.2, 0.25) is 0 Å². The Bertz CT molecular complexity index is 817. The number of carbonyl (C=O) groups excluding carboxylic acids is 1. The largest absolute Gasteiger partial charge is 0.472 e. The molecule has 8 nitrogen and oxygen atoms in total. The number of phosphoric ester groups is 1. The average molecular weight is 733 g/mol. The normalized spacial score (nSPS) is 14.0. The van der Waals surface area contributed by atoms with Crippen LogP contribution in [0.4, 0.5) is 0 Å². The van der Waals surface area contributed by atoms with Gasteiger partial charge in [-0.1, -0.05) is 154 Å². The van der Waals surface area contributed by atoms with Crippen molar-refractivity contribution in [3.63, 3.8) is 0 Å². The van der Waals surface area contributed by atoms with E-state index in [4.69, 9.17) is 18.5 Å². The minimum Gasteiger partial charge on any atom is -0.457 e. The highest BCUT2D eigenvalue weighted by Crippen LogP contribution is 2.43. The standard InChI is InChI=1S/C41H82NO7P/c1-6-8-10-12-14-16-17-18-19-20-21-22-23-24-25-26-28-30-32-34-41(43)49-40(39-48-50(44,45)47-37-35-42(3,4)5)38-46-36-33-31-29-27-15-13-11-9-7-2/h18-19,40H,6-17,20-39H2,1-5H3/p+1/b19-18-. The summed E-state index contributed by atoms with van der Waals surface area (Å²) in [7, 11) is 1.67. The summed E-state index contributed by atoms with van der Waals surface area (Å²) in [5.74, 6) is -0.315. The van der Waals surface area contributed by atoms with Crippen molar-refractivity contribution in [1.29, 1.82) is 0 Å². The van der Waals surface area contributed by atoms with Gasteiger partial charge in [-0.3, -0.25) is 13.8 Å². The van der Waals surface area contributed by atoms with Crippen LogP contribution >= 0.6 is 7.82 Å². The van der Waals surface area contributed by atoms with Gasteiger partial charge in [-0.15, -0.1) is 0 Å². The summed E-state index contributed by atoms with van der Waals surface area (Å²) in [5.41, 5.74) is 0. The maximum atomic E-state index is 12.6. The van der Waals surface area contributed by atoms with Crippen molar-refractivity contribution in [2.75, 3.05) is 54.1 Å². The molecular formula is C41H83NO7P+. The number of likely N-dealkylation sites (N-methyl/N-ethyl adjacent to an activating group) is 1. The third kappa shape index (κ3) is 38.5. The zero-order valence-electron chi connectivity index (χ0n) is 33.7. The van der Waals surface area contributed by atoms with Crippen LogP contribution < -0.4 is 0 Å². The van der Waals surface area contributed by atoms with E-state index in [-0.39, 0.29) is 25.8 Å². The first-order valence-corrected chi connectivity index (χ1v) is 22.4. The lowest BCUT2D eigenvalue weighted by molar-refractivity contribution is -0.870. The van der Waals surface area contributed by atoms with Crippen LogP contribution in [0.2, 0.25) is 0 Å². The first-order valence-electron chi connectivity index (χ1n) is 20.9. The minimum absolute atomic E-state index is 0.0911. The number of esters is 1. The van der Waals surface area contributed by atoms with E-state index in [1.807, 2.05) is 21.1 Å². The molecule has 0 bridgehead atoms. The number of ether oxygens (including phenoxy) is 2. The molecule has 0 aromatic rings. The predicted molar refractivity (Wildman–Crippen MR) is 210 cm³/mol. The Morgan fingerprint density at radius 3 is 1.52 bits per heavy atom. The molecule has 0 aromatic carbocycles. The number of unbranched alkanes of at least 4 members (excludes halogenated alkanes) is 23. The molecule has 0 saturated carbocycles. The van der Waals surface area contributed by atoms with Crippen molar-refractivity contribution >= 4 is 13.8 Å². The van der Waals surface area contributed by atoms with Crippen molar-refractivity contribution in [3.05, 3.63) is 12.2 Å². The minimum atomic E-state index is -4.26. The fraction of sp³-hybridized carbons (Fsp3) is 0.927. The molecule has 0 saturated heterocycles. The number of carbonyl (C=O) groups is 1. The highest BCUT2D eigenvalue weighted by atomic mass is 31.2. The maximum absolute atomic E-state index is 12.6. The molecule has 0 rings (SSSR count). The Balaban J connectivity index is 4.15. The molecule has 50 heavy (non-hydrogen) atoms. The highest BCUT2D eigenvalue weighted by molar-refractivity contribution is 7.47. The molecule has 9 heteroatoms. The zero-order valence-corrected chi connectivity index (χ0v) is 34.5. The molecule has 2 atom stereocenters. The van der Waals surface area contributed by atoms with E-state index in [0.717, 1.165) is 32.1 Å². The van der Waals surface area contributed by atoms with Crippen molar-refractivity contribution in [2.45, 2.75) is 193 Å². The van der Waals surface area contributed by atoms with Gasteiger partial charge in [0.15, 0.2) is 0 Å². The fourth-order valence-electron chi connectivity index (χ4n) is 5.78. The molecule has 0 aromatic heterocycles. The van der Waals surface area contributed by atoms with Crippen LogP contribution in [0.1, 0.15) is 187 Å². The Morgan fingerprint density at radius 2 is 1.04 bits per heavy atom. The molecule has 0 aliphatic rings. The van der Waals surface area contributed by atoms with Gasteiger partial charge in [0, 0.05) is 13.0 Å². The third-order valence-electron chi connectivity index (χ3n) is 9.08. The summed E-state index contributed by atoms with van der Waals surface area (Å²) in [6.07, 6.45) is 36.7. The third-order valence-corrected chi connectivity index (χ3v) is 10.1. The molecule has 0 heterocycles. The van der Waals surface area contributed by atoms with Crippen LogP contribution in [0.5, 0.6) is 0 Å². The number of hydrogen-bond donors (Lipinski definition) is 1. The molecule has 1 N–H and O–H groups in total. The number of quaternary nitrogens is 1. The number of hydrogen-bond acceptors (Lipinski definition) is 6. The van der Waals surface area contributed by atoms with E-state index in [0.29, 0.717) is 24.1 Å². The lowest BCUT2D eigenvalue weighted by Gasteiger charge is -2.24. The van der Waals surface area contributed by atoms with Gasteiger partial charge >= 0.3 is 13.8 Å². The van der Waals surface area contributed by atoms with Crippen LogP contribution in [0.15, 0.2) is 12.2 Å². The van der Waals surface area contributed by atoms with Crippen molar-refractivity contribution in [1.82, 2.24) is 0 Å². The van der Waals surface area contributed by atoms with Gasteiger partial charge in [-0.2, -0.15) is 0 Å². The van der Waals surface area contributed by atoms with Gasteiger partial charge in [-0.25, -0.2) is 4.57 Å². The average Bonchev–Trinajstić information content (AvgIpc) is 3.06. The number of rotatable bonds is 39.